The quantitative estimate of drug-likeness (QED) is 0.682. The van der Waals surface area contributed by atoms with Crippen LogP contribution in [0, 0.1) is 5.92 Å². The minimum atomic E-state index is 0.781. The number of piperidine rings is 1. The Morgan fingerprint density at radius 2 is 2.40 bits per heavy atom. The highest BCUT2D eigenvalue weighted by Gasteiger charge is 2.16. The van der Waals surface area contributed by atoms with Gasteiger partial charge in [0.1, 0.15) is 0 Å². The number of hydrogen-bond acceptors (Lipinski definition) is 1. The predicted molar refractivity (Wildman–Crippen MR) is 48.6 cm³/mol. The van der Waals surface area contributed by atoms with Crippen molar-refractivity contribution in [3.05, 3.63) is 0 Å². The van der Waals surface area contributed by atoms with Gasteiger partial charge < -0.3 is 5.32 Å². The molecule has 0 spiro atoms. The van der Waals surface area contributed by atoms with Crippen LogP contribution in [-0.2, 0) is 0 Å². The van der Waals surface area contributed by atoms with Crippen molar-refractivity contribution in [3.63, 3.8) is 0 Å². The van der Waals surface area contributed by atoms with E-state index in [1.54, 1.807) is 0 Å². The Labute approximate surface area is 71.7 Å². The van der Waals surface area contributed by atoms with Crippen molar-refractivity contribution in [2.75, 3.05) is 11.9 Å². The van der Waals surface area contributed by atoms with Crippen molar-refractivity contribution in [1.29, 1.82) is 0 Å². The molecule has 0 saturated carbocycles. The van der Waals surface area contributed by atoms with E-state index in [2.05, 4.69) is 28.2 Å². The Bertz CT molecular complexity index is 93.3. The molecule has 0 aliphatic carbocycles. The molecule has 2 atom stereocenters. The maximum atomic E-state index is 3.52. The topological polar surface area (TPSA) is 12.0 Å². The van der Waals surface area contributed by atoms with Gasteiger partial charge in [-0.25, -0.2) is 0 Å². The largest absolute Gasteiger partial charge is 0.314 e. The average Bonchev–Trinajstić information content (AvgIpc) is 1.88. The highest BCUT2D eigenvalue weighted by Crippen LogP contribution is 2.17. The fourth-order valence-electron chi connectivity index (χ4n) is 1.57. The highest BCUT2D eigenvalue weighted by molar-refractivity contribution is 9.09. The summed E-state index contributed by atoms with van der Waals surface area (Å²) in [5.41, 5.74) is 0. The third kappa shape index (κ3) is 2.59. The molecule has 0 amide bonds. The van der Waals surface area contributed by atoms with E-state index in [9.17, 15) is 0 Å². The SMILES string of the molecule is C[C@H]1CCN[C@H](CCBr)C1. The molecule has 1 N–H and O–H groups in total. The van der Waals surface area contributed by atoms with E-state index in [1.807, 2.05) is 0 Å². The van der Waals surface area contributed by atoms with Crippen molar-refractivity contribution in [2.45, 2.75) is 32.2 Å². The summed E-state index contributed by atoms with van der Waals surface area (Å²) >= 11 is 3.46. The molecule has 1 nitrogen and oxygen atoms in total. The van der Waals surface area contributed by atoms with Crippen LogP contribution in [0.2, 0.25) is 0 Å². The molecular formula is C8H16BrN. The van der Waals surface area contributed by atoms with Gasteiger partial charge in [-0.05, 0) is 31.7 Å². The lowest BCUT2D eigenvalue weighted by Gasteiger charge is -2.27. The Balaban J connectivity index is 2.18. The van der Waals surface area contributed by atoms with Gasteiger partial charge in [0.2, 0.25) is 0 Å². The van der Waals surface area contributed by atoms with Crippen LogP contribution in [-0.4, -0.2) is 17.9 Å². The van der Waals surface area contributed by atoms with Crippen LogP contribution in [0.5, 0.6) is 0 Å². The fourth-order valence-corrected chi connectivity index (χ4v) is 2.13. The zero-order valence-electron chi connectivity index (χ0n) is 6.57. The molecule has 1 aliphatic heterocycles. The lowest BCUT2D eigenvalue weighted by Crippen LogP contribution is -2.37. The van der Waals surface area contributed by atoms with Gasteiger partial charge in [-0.3, -0.25) is 0 Å². The minimum Gasteiger partial charge on any atom is -0.314 e. The lowest BCUT2D eigenvalue weighted by molar-refractivity contribution is 0.316. The van der Waals surface area contributed by atoms with Crippen molar-refractivity contribution in [1.82, 2.24) is 5.32 Å². The zero-order chi connectivity index (χ0) is 7.40. The highest BCUT2D eigenvalue weighted by atomic mass is 79.9. The Kier molecular flexibility index (Phi) is 3.71. The van der Waals surface area contributed by atoms with Gasteiger partial charge in [-0.15, -0.1) is 0 Å². The Morgan fingerprint density at radius 1 is 1.60 bits per heavy atom. The summed E-state index contributed by atoms with van der Waals surface area (Å²) < 4.78 is 0. The van der Waals surface area contributed by atoms with Crippen LogP contribution in [0.4, 0.5) is 0 Å². The van der Waals surface area contributed by atoms with Gasteiger partial charge in [0.05, 0.1) is 0 Å². The van der Waals surface area contributed by atoms with Crippen LogP contribution in [0.1, 0.15) is 26.2 Å². The Hall–Kier alpha value is 0.440. The second kappa shape index (κ2) is 4.35. The Morgan fingerprint density at radius 3 is 3.00 bits per heavy atom. The van der Waals surface area contributed by atoms with Crippen molar-refractivity contribution >= 4 is 15.9 Å². The summed E-state index contributed by atoms with van der Waals surface area (Å²) in [5, 5.41) is 4.66. The first-order valence-electron chi connectivity index (χ1n) is 4.12. The number of rotatable bonds is 2. The normalized spacial score (nSPS) is 34.2. The van der Waals surface area contributed by atoms with E-state index in [4.69, 9.17) is 0 Å². The van der Waals surface area contributed by atoms with Gasteiger partial charge in [0.25, 0.3) is 0 Å². The number of hydrogen-bond donors (Lipinski definition) is 1. The van der Waals surface area contributed by atoms with Gasteiger partial charge >= 0.3 is 0 Å². The molecule has 0 radical (unpaired) electrons. The molecule has 1 saturated heterocycles. The predicted octanol–water partition coefficient (Wildman–Crippen LogP) is 2.16. The van der Waals surface area contributed by atoms with Crippen LogP contribution < -0.4 is 5.32 Å². The molecule has 10 heavy (non-hydrogen) atoms. The molecule has 60 valence electrons. The van der Waals surface area contributed by atoms with E-state index in [-0.39, 0.29) is 0 Å². The van der Waals surface area contributed by atoms with E-state index in [0.717, 1.165) is 17.3 Å². The number of halogens is 1. The summed E-state index contributed by atoms with van der Waals surface area (Å²) in [5.74, 6) is 0.935. The van der Waals surface area contributed by atoms with Gasteiger partial charge in [-0.2, -0.15) is 0 Å². The van der Waals surface area contributed by atoms with E-state index in [0.29, 0.717) is 0 Å². The molecule has 0 aromatic heterocycles. The molecule has 1 aliphatic rings. The van der Waals surface area contributed by atoms with Crippen LogP contribution >= 0.6 is 15.9 Å². The first-order valence-corrected chi connectivity index (χ1v) is 5.24. The standard InChI is InChI=1S/C8H16BrN/c1-7-3-5-10-8(6-7)2-4-9/h7-8,10H,2-6H2,1H3/t7-,8+/m0/s1. The summed E-state index contributed by atoms with van der Waals surface area (Å²) in [6.45, 7) is 3.57. The van der Waals surface area contributed by atoms with E-state index >= 15 is 0 Å². The van der Waals surface area contributed by atoms with E-state index < -0.39 is 0 Å². The van der Waals surface area contributed by atoms with Crippen LogP contribution in [0.3, 0.4) is 0 Å². The average molecular weight is 206 g/mol. The molecule has 2 heteroatoms. The molecule has 0 unspecified atom stereocenters. The zero-order valence-corrected chi connectivity index (χ0v) is 8.15. The van der Waals surface area contributed by atoms with Crippen molar-refractivity contribution in [3.8, 4) is 0 Å². The first kappa shape index (κ1) is 8.54. The monoisotopic (exact) mass is 205 g/mol. The number of nitrogens with one attached hydrogen (secondary N) is 1. The number of alkyl halides is 1. The molecule has 1 fully saturated rings. The second-order valence-electron chi connectivity index (χ2n) is 3.26. The van der Waals surface area contributed by atoms with Gasteiger partial charge in [0, 0.05) is 11.4 Å². The maximum Gasteiger partial charge on any atom is 0.00775 e. The third-order valence-electron chi connectivity index (χ3n) is 2.21. The van der Waals surface area contributed by atoms with Crippen LogP contribution in [0.15, 0.2) is 0 Å². The molecule has 1 rings (SSSR count). The molecule has 0 bridgehead atoms. The lowest BCUT2D eigenvalue weighted by atomic mass is 9.93. The summed E-state index contributed by atoms with van der Waals surface area (Å²) in [4.78, 5) is 0. The fraction of sp³-hybridized carbons (Fsp3) is 1.00. The summed E-state index contributed by atoms with van der Waals surface area (Å²) in [6, 6.07) is 0.781. The summed E-state index contributed by atoms with van der Waals surface area (Å²) in [7, 11) is 0. The van der Waals surface area contributed by atoms with Crippen LogP contribution in [0.25, 0.3) is 0 Å². The van der Waals surface area contributed by atoms with Gasteiger partial charge in [0.15, 0.2) is 0 Å². The smallest absolute Gasteiger partial charge is 0.00775 e. The summed E-state index contributed by atoms with van der Waals surface area (Å²) in [6.07, 6.45) is 4.01. The van der Waals surface area contributed by atoms with Gasteiger partial charge in [-0.1, -0.05) is 22.9 Å². The van der Waals surface area contributed by atoms with Crippen molar-refractivity contribution < 1.29 is 0 Å². The van der Waals surface area contributed by atoms with E-state index in [1.165, 1.54) is 25.8 Å². The molecule has 0 aromatic carbocycles. The second-order valence-corrected chi connectivity index (χ2v) is 4.05. The minimum absolute atomic E-state index is 0.781. The molecular weight excluding hydrogens is 190 g/mol. The third-order valence-corrected chi connectivity index (χ3v) is 2.67. The maximum absolute atomic E-state index is 3.52. The molecule has 1 heterocycles. The first-order chi connectivity index (χ1) is 4.83. The van der Waals surface area contributed by atoms with Crippen molar-refractivity contribution in [2.24, 2.45) is 5.92 Å². The molecule has 0 aromatic rings.